The summed E-state index contributed by atoms with van der Waals surface area (Å²) >= 11 is 0. The van der Waals surface area contributed by atoms with E-state index in [-0.39, 0.29) is 18.5 Å². The second-order valence-electron chi connectivity index (χ2n) is 27.4. The van der Waals surface area contributed by atoms with Crippen LogP contribution >= 0.6 is 0 Å². The third kappa shape index (κ3) is 71.4. The number of carbonyl (C=O) groups excluding carboxylic acids is 2. The van der Waals surface area contributed by atoms with Crippen LogP contribution in [-0.4, -0.2) is 47.4 Å². The van der Waals surface area contributed by atoms with Crippen molar-refractivity contribution in [3.8, 4) is 0 Å². The van der Waals surface area contributed by atoms with Crippen molar-refractivity contribution < 1.29 is 24.5 Å². The van der Waals surface area contributed by atoms with Gasteiger partial charge in [-0.1, -0.05) is 385 Å². The minimum absolute atomic E-state index is 0.0137. The fourth-order valence-corrected chi connectivity index (χ4v) is 12.7. The van der Waals surface area contributed by atoms with E-state index in [1.54, 1.807) is 0 Å². The van der Waals surface area contributed by atoms with Gasteiger partial charge >= 0.3 is 5.97 Å². The maximum Gasteiger partial charge on any atom is 0.305 e. The Balaban J connectivity index is 3.33. The summed E-state index contributed by atoms with van der Waals surface area (Å²) < 4.78 is 5.50. The molecule has 6 nitrogen and oxygen atoms in total. The van der Waals surface area contributed by atoms with E-state index < -0.39 is 12.1 Å². The first-order valence-electron chi connectivity index (χ1n) is 39.6. The van der Waals surface area contributed by atoms with Crippen molar-refractivity contribution >= 4 is 11.9 Å². The van der Waals surface area contributed by atoms with Gasteiger partial charge in [-0.05, 0) is 77.0 Å². The summed E-state index contributed by atoms with van der Waals surface area (Å²) in [6, 6.07) is -0.539. The molecule has 1 amide bonds. The zero-order valence-electron chi connectivity index (χ0n) is 58.6. The standard InChI is InChI=1S/C80H155NO5/c1-3-5-7-9-11-13-15-17-19-21-41-44-48-52-56-60-64-68-72-78(83)77(76-82)81-79(84)73-69-65-61-57-53-49-45-42-39-37-35-33-31-29-27-25-23-22-24-26-28-30-32-34-36-38-40-43-47-51-55-59-63-67-71-75-86-80(85)74-70-66-62-58-54-50-46-20-18-16-14-12-10-8-6-4-2/h20,24,26,46,77-78,82-83H,3-19,21-23,25,27-45,47-76H2,1-2H3,(H,81,84)/b26-24-,46-20-. The van der Waals surface area contributed by atoms with E-state index in [1.165, 1.54) is 372 Å². The maximum absolute atomic E-state index is 12.5. The van der Waals surface area contributed by atoms with E-state index in [0.29, 0.717) is 25.9 Å². The molecule has 0 spiro atoms. The molecule has 2 atom stereocenters. The van der Waals surface area contributed by atoms with E-state index in [4.69, 9.17) is 4.74 Å². The summed E-state index contributed by atoms with van der Waals surface area (Å²) in [5, 5.41) is 23.4. The Morgan fingerprint density at radius 2 is 0.547 bits per heavy atom. The van der Waals surface area contributed by atoms with Crippen molar-refractivity contribution in [3.63, 3.8) is 0 Å². The zero-order chi connectivity index (χ0) is 62.0. The third-order valence-electron chi connectivity index (χ3n) is 18.7. The number of hydrogen-bond donors (Lipinski definition) is 3. The lowest BCUT2D eigenvalue weighted by atomic mass is 10.0. The smallest absolute Gasteiger partial charge is 0.305 e. The molecule has 2 unspecified atom stereocenters. The van der Waals surface area contributed by atoms with E-state index in [0.717, 1.165) is 44.9 Å². The van der Waals surface area contributed by atoms with Crippen molar-refractivity contribution in [2.24, 2.45) is 0 Å². The molecule has 0 aromatic carbocycles. The van der Waals surface area contributed by atoms with Gasteiger partial charge in [0.25, 0.3) is 0 Å². The Morgan fingerprint density at radius 1 is 0.314 bits per heavy atom. The first-order valence-corrected chi connectivity index (χ1v) is 39.6. The predicted octanol–water partition coefficient (Wildman–Crippen LogP) is 26.0. The third-order valence-corrected chi connectivity index (χ3v) is 18.7. The Bertz CT molecular complexity index is 1350. The van der Waals surface area contributed by atoms with Crippen molar-refractivity contribution in [1.29, 1.82) is 0 Å². The van der Waals surface area contributed by atoms with Crippen LogP contribution in [0.4, 0.5) is 0 Å². The van der Waals surface area contributed by atoms with Gasteiger partial charge in [-0.2, -0.15) is 0 Å². The highest BCUT2D eigenvalue weighted by Crippen LogP contribution is 2.20. The summed E-state index contributed by atoms with van der Waals surface area (Å²) in [7, 11) is 0. The average Bonchev–Trinajstić information content (AvgIpc) is 3.54. The second kappa shape index (κ2) is 75.8. The molecule has 0 radical (unpaired) electrons. The molecule has 0 fully saturated rings. The molecule has 0 aliphatic heterocycles. The van der Waals surface area contributed by atoms with Crippen LogP contribution in [0.25, 0.3) is 0 Å². The van der Waals surface area contributed by atoms with Crippen LogP contribution in [0.15, 0.2) is 24.3 Å². The molecular formula is C80H155NO5. The lowest BCUT2D eigenvalue weighted by Gasteiger charge is -2.22. The van der Waals surface area contributed by atoms with Crippen LogP contribution in [0.2, 0.25) is 0 Å². The Kier molecular flexibility index (Phi) is 74.3. The highest BCUT2D eigenvalue weighted by molar-refractivity contribution is 5.76. The van der Waals surface area contributed by atoms with Crippen LogP contribution in [0, 0.1) is 0 Å². The number of nitrogens with one attached hydrogen (secondary N) is 1. The average molecular weight is 1210 g/mol. The molecule has 0 aromatic heterocycles. The number of aliphatic hydroxyl groups is 2. The molecule has 3 N–H and O–H groups in total. The molecule has 0 heterocycles. The fraction of sp³-hybridized carbons (Fsp3) is 0.925. The van der Waals surface area contributed by atoms with Gasteiger partial charge in [-0.15, -0.1) is 0 Å². The van der Waals surface area contributed by atoms with Gasteiger partial charge in [0.1, 0.15) is 0 Å². The molecule has 0 aromatic rings. The van der Waals surface area contributed by atoms with E-state index in [9.17, 15) is 19.8 Å². The summed E-state index contributed by atoms with van der Waals surface area (Å²) in [5.74, 6) is -0.0131. The van der Waals surface area contributed by atoms with Crippen LogP contribution in [0.5, 0.6) is 0 Å². The molecule has 0 saturated carbocycles. The number of rotatable bonds is 75. The topological polar surface area (TPSA) is 95.9 Å². The molecule has 0 aliphatic carbocycles. The Labute approximate surface area is 539 Å². The van der Waals surface area contributed by atoms with E-state index in [1.807, 2.05) is 0 Å². The fourth-order valence-electron chi connectivity index (χ4n) is 12.7. The van der Waals surface area contributed by atoms with Crippen LogP contribution in [-0.2, 0) is 14.3 Å². The maximum atomic E-state index is 12.5. The van der Waals surface area contributed by atoms with Crippen molar-refractivity contribution in [3.05, 3.63) is 24.3 Å². The number of esters is 1. The monoisotopic (exact) mass is 1210 g/mol. The summed E-state index contributed by atoms with van der Waals surface area (Å²) in [6.07, 6.45) is 97.0. The quantitative estimate of drug-likeness (QED) is 0.0320. The Hall–Kier alpha value is -1.66. The van der Waals surface area contributed by atoms with Gasteiger partial charge in [-0.3, -0.25) is 9.59 Å². The minimum Gasteiger partial charge on any atom is -0.466 e. The van der Waals surface area contributed by atoms with Crippen molar-refractivity contribution in [2.45, 2.75) is 463 Å². The van der Waals surface area contributed by atoms with Gasteiger partial charge < -0.3 is 20.3 Å². The molecule has 0 rings (SSSR count). The molecule has 0 aliphatic rings. The van der Waals surface area contributed by atoms with Gasteiger partial charge in [0.15, 0.2) is 0 Å². The van der Waals surface area contributed by atoms with Crippen LogP contribution in [0.3, 0.4) is 0 Å². The lowest BCUT2D eigenvalue weighted by molar-refractivity contribution is -0.143. The van der Waals surface area contributed by atoms with Crippen LogP contribution < -0.4 is 5.32 Å². The first-order chi connectivity index (χ1) is 42.5. The number of amides is 1. The Morgan fingerprint density at radius 3 is 0.826 bits per heavy atom. The van der Waals surface area contributed by atoms with Crippen LogP contribution in [0.1, 0.15) is 450 Å². The zero-order valence-corrected chi connectivity index (χ0v) is 58.6. The lowest BCUT2D eigenvalue weighted by Crippen LogP contribution is -2.45. The summed E-state index contributed by atoms with van der Waals surface area (Å²) in [4.78, 5) is 24.6. The van der Waals surface area contributed by atoms with Gasteiger partial charge in [0.2, 0.25) is 5.91 Å². The molecule has 86 heavy (non-hydrogen) atoms. The number of allylic oxidation sites excluding steroid dienone is 4. The predicted molar refractivity (Wildman–Crippen MR) is 380 cm³/mol. The normalized spacial score (nSPS) is 12.6. The van der Waals surface area contributed by atoms with E-state index in [2.05, 4.69) is 43.5 Å². The highest BCUT2D eigenvalue weighted by Gasteiger charge is 2.20. The molecule has 510 valence electrons. The number of aliphatic hydroxyl groups excluding tert-OH is 2. The molecule has 0 bridgehead atoms. The molecule has 0 saturated heterocycles. The SMILES string of the molecule is CCCCCCCCC/C=C\CCCCCCCC(=O)OCCCCCCCCCCCCCCCC/C=C\CCCCCCCCCCCCCCCCCCCC(=O)NC(CO)C(O)CCCCCCCCCCCCCCCCCCCC. The number of hydrogen-bond acceptors (Lipinski definition) is 5. The van der Waals surface area contributed by atoms with Gasteiger partial charge in [0, 0.05) is 12.8 Å². The largest absolute Gasteiger partial charge is 0.466 e. The summed E-state index contributed by atoms with van der Waals surface area (Å²) in [6.45, 7) is 5.00. The number of carbonyl (C=O) groups is 2. The highest BCUT2D eigenvalue weighted by atomic mass is 16.5. The number of ether oxygens (including phenoxy) is 1. The van der Waals surface area contributed by atoms with Crippen molar-refractivity contribution in [2.75, 3.05) is 13.2 Å². The minimum atomic E-state index is -0.662. The molecular weight excluding hydrogens is 1050 g/mol. The molecule has 6 heteroatoms. The van der Waals surface area contributed by atoms with Gasteiger partial charge in [0.05, 0.1) is 25.4 Å². The second-order valence-corrected chi connectivity index (χ2v) is 27.4. The van der Waals surface area contributed by atoms with E-state index >= 15 is 0 Å². The first kappa shape index (κ1) is 84.3. The van der Waals surface area contributed by atoms with Gasteiger partial charge in [-0.25, -0.2) is 0 Å². The summed E-state index contributed by atoms with van der Waals surface area (Å²) in [5.41, 5.74) is 0. The number of unbranched alkanes of at least 4 members (excludes halogenated alkanes) is 60. The van der Waals surface area contributed by atoms with Crippen molar-refractivity contribution in [1.82, 2.24) is 5.32 Å².